The highest BCUT2D eigenvalue weighted by Gasteiger charge is 2.42. The van der Waals surface area contributed by atoms with Gasteiger partial charge in [0.05, 0.1) is 12.2 Å². The molecule has 0 aromatic rings. The first kappa shape index (κ1) is 10.4. The predicted octanol–water partition coefficient (Wildman–Crippen LogP) is 3.11. The molecule has 1 heterocycles. The van der Waals surface area contributed by atoms with Crippen molar-refractivity contribution in [2.75, 3.05) is 0 Å². The molecule has 0 aromatic carbocycles. The largest absolute Gasteiger partial charge is 0.347 e. The summed E-state index contributed by atoms with van der Waals surface area (Å²) in [7, 11) is 0. The molecule has 1 saturated carbocycles. The van der Waals surface area contributed by atoms with Gasteiger partial charge < -0.3 is 9.47 Å². The molecule has 14 heavy (non-hydrogen) atoms. The van der Waals surface area contributed by atoms with Crippen molar-refractivity contribution in [1.82, 2.24) is 0 Å². The summed E-state index contributed by atoms with van der Waals surface area (Å²) >= 11 is 0. The van der Waals surface area contributed by atoms with Crippen molar-refractivity contribution < 1.29 is 9.47 Å². The number of rotatable bonds is 1. The molecule has 3 atom stereocenters. The first-order valence-corrected chi connectivity index (χ1v) is 5.98. The number of hydrogen-bond donors (Lipinski definition) is 0. The third-order valence-corrected chi connectivity index (χ3v) is 3.50. The van der Waals surface area contributed by atoms with Crippen molar-refractivity contribution in [3.8, 4) is 0 Å². The number of hydrogen-bond acceptors (Lipinski definition) is 2. The molecule has 2 fully saturated rings. The highest BCUT2D eigenvalue weighted by Crippen LogP contribution is 2.40. The molecule has 2 nitrogen and oxygen atoms in total. The first-order chi connectivity index (χ1) is 6.62. The zero-order chi connectivity index (χ0) is 10.2. The van der Waals surface area contributed by atoms with Crippen LogP contribution in [0.2, 0.25) is 0 Å². The molecule has 2 rings (SSSR count). The molecule has 1 aliphatic heterocycles. The lowest BCUT2D eigenvalue weighted by Gasteiger charge is -2.48. The molecule has 1 aliphatic carbocycles. The van der Waals surface area contributed by atoms with Gasteiger partial charge in [-0.1, -0.05) is 19.8 Å². The second kappa shape index (κ2) is 3.82. The van der Waals surface area contributed by atoms with Gasteiger partial charge in [-0.15, -0.1) is 0 Å². The highest BCUT2D eigenvalue weighted by atomic mass is 16.7. The Labute approximate surface area is 87.0 Å². The van der Waals surface area contributed by atoms with Gasteiger partial charge in [-0.2, -0.15) is 0 Å². The number of fused-ring (bicyclic) bond motifs is 1. The summed E-state index contributed by atoms with van der Waals surface area (Å²) in [6, 6.07) is 0. The highest BCUT2D eigenvalue weighted by molar-refractivity contribution is 4.87. The predicted molar refractivity (Wildman–Crippen MR) is 56.1 cm³/mol. The molecule has 2 heteroatoms. The lowest BCUT2D eigenvalue weighted by atomic mass is 9.80. The normalized spacial score (nSPS) is 41.8. The maximum atomic E-state index is 5.99. The van der Waals surface area contributed by atoms with E-state index in [9.17, 15) is 0 Å². The fraction of sp³-hybridized carbons (Fsp3) is 1.00. The Bertz CT molecular complexity index is 190. The summed E-state index contributed by atoms with van der Waals surface area (Å²) in [5.74, 6) is 0.292. The van der Waals surface area contributed by atoms with Crippen LogP contribution in [-0.2, 0) is 9.47 Å². The van der Waals surface area contributed by atoms with Crippen LogP contribution in [0.5, 0.6) is 0 Å². The maximum Gasteiger partial charge on any atom is 0.163 e. The van der Waals surface area contributed by atoms with Gasteiger partial charge in [0, 0.05) is 5.92 Å². The monoisotopic (exact) mass is 198 g/mol. The topological polar surface area (TPSA) is 18.5 Å². The van der Waals surface area contributed by atoms with E-state index in [1.165, 1.54) is 25.7 Å². The van der Waals surface area contributed by atoms with Gasteiger partial charge in [0.25, 0.3) is 0 Å². The van der Waals surface area contributed by atoms with Gasteiger partial charge in [0.1, 0.15) is 0 Å². The minimum atomic E-state index is -0.362. The smallest absolute Gasteiger partial charge is 0.163 e. The molecule has 82 valence electrons. The zero-order valence-corrected chi connectivity index (χ0v) is 9.58. The van der Waals surface area contributed by atoms with Gasteiger partial charge in [-0.25, -0.2) is 0 Å². The van der Waals surface area contributed by atoms with E-state index in [4.69, 9.17) is 9.47 Å². The van der Waals surface area contributed by atoms with Crippen molar-refractivity contribution in [3.05, 3.63) is 0 Å². The maximum absolute atomic E-state index is 5.99. The summed E-state index contributed by atoms with van der Waals surface area (Å²) < 4.78 is 12.0. The van der Waals surface area contributed by atoms with Crippen LogP contribution in [0.3, 0.4) is 0 Å². The van der Waals surface area contributed by atoms with Crippen molar-refractivity contribution in [2.45, 2.75) is 70.9 Å². The SMILES string of the molecule is CCC1OC(C)(C)OC2CCCCC12. The summed E-state index contributed by atoms with van der Waals surface area (Å²) in [6.07, 6.45) is 7.20. The van der Waals surface area contributed by atoms with Crippen LogP contribution in [0.15, 0.2) is 0 Å². The van der Waals surface area contributed by atoms with Crippen LogP contribution in [0, 0.1) is 5.92 Å². The minimum absolute atomic E-state index is 0.362. The van der Waals surface area contributed by atoms with Crippen molar-refractivity contribution in [3.63, 3.8) is 0 Å². The van der Waals surface area contributed by atoms with Crippen LogP contribution in [0.1, 0.15) is 52.9 Å². The Morgan fingerprint density at radius 1 is 1.14 bits per heavy atom. The first-order valence-electron chi connectivity index (χ1n) is 5.98. The summed E-state index contributed by atoms with van der Waals surface area (Å²) in [4.78, 5) is 0. The second-order valence-electron chi connectivity index (χ2n) is 5.07. The molecule has 0 aromatic heterocycles. The van der Waals surface area contributed by atoms with E-state index in [2.05, 4.69) is 6.92 Å². The van der Waals surface area contributed by atoms with E-state index in [0.717, 1.165) is 6.42 Å². The zero-order valence-electron chi connectivity index (χ0n) is 9.58. The van der Waals surface area contributed by atoms with Crippen LogP contribution in [0.25, 0.3) is 0 Å². The molecule has 0 N–H and O–H groups in total. The fourth-order valence-electron chi connectivity index (χ4n) is 2.93. The molecular formula is C12H22O2. The molecular weight excluding hydrogens is 176 g/mol. The van der Waals surface area contributed by atoms with E-state index >= 15 is 0 Å². The Kier molecular flexibility index (Phi) is 2.85. The van der Waals surface area contributed by atoms with Crippen molar-refractivity contribution in [1.29, 1.82) is 0 Å². The van der Waals surface area contributed by atoms with Gasteiger partial charge in [-0.3, -0.25) is 0 Å². The Hall–Kier alpha value is -0.0800. The Morgan fingerprint density at radius 3 is 2.57 bits per heavy atom. The van der Waals surface area contributed by atoms with Gasteiger partial charge in [0.15, 0.2) is 5.79 Å². The lowest BCUT2D eigenvalue weighted by molar-refractivity contribution is -0.326. The molecule has 3 unspecified atom stereocenters. The van der Waals surface area contributed by atoms with E-state index in [1.54, 1.807) is 0 Å². The van der Waals surface area contributed by atoms with E-state index < -0.39 is 0 Å². The molecule has 0 amide bonds. The minimum Gasteiger partial charge on any atom is -0.347 e. The summed E-state index contributed by atoms with van der Waals surface area (Å²) in [6.45, 7) is 6.30. The second-order valence-corrected chi connectivity index (χ2v) is 5.07. The average molecular weight is 198 g/mol. The average Bonchev–Trinajstić information content (AvgIpc) is 2.15. The van der Waals surface area contributed by atoms with Crippen molar-refractivity contribution in [2.24, 2.45) is 5.92 Å². The molecule has 0 bridgehead atoms. The van der Waals surface area contributed by atoms with Gasteiger partial charge in [0.2, 0.25) is 0 Å². The third-order valence-electron chi connectivity index (χ3n) is 3.50. The molecule has 0 spiro atoms. The van der Waals surface area contributed by atoms with Crippen LogP contribution in [0.4, 0.5) is 0 Å². The standard InChI is InChI=1S/C12H22O2/c1-4-10-9-7-5-6-8-11(9)14-12(2,3)13-10/h9-11H,4-8H2,1-3H3. The van der Waals surface area contributed by atoms with Gasteiger partial charge >= 0.3 is 0 Å². The van der Waals surface area contributed by atoms with Crippen LogP contribution >= 0.6 is 0 Å². The Balaban J connectivity index is 2.09. The Morgan fingerprint density at radius 2 is 1.86 bits per heavy atom. The molecule has 1 saturated heterocycles. The summed E-state index contributed by atoms with van der Waals surface area (Å²) in [5, 5.41) is 0. The van der Waals surface area contributed by atoms with Crippen molar-refractivity contribution >= 4 is 0 Å². The quantitative estimate of drug-likeness (QED) is 0.644. The van der Waals surface area contributed by atoms with Gasteiger partial charge in [-0.05, 0) is 33.1 Å². The third kappa shape index (κ3) is 1.96. The lowest BCUT2D eigenvalue weighted by Crippen LogP contribution is -2.51. The summed E-state index contributed by atoms with van der Waals surface area (Å²) in [5.41, 5.74) is 0. The molecule has 2 aliphatic rings. The van der Waals surface area contributed by atoms with Crippen LogP contribution in [-0.4, -0.2) is 18.0 Å². The van der Waals surface area contributed by atoms with E-state index in [1.807, 2.05) is 13.8 Å². The van der Waals surface area contributed by atoms with Crippen LogP contribution < -0.4 is 0 Å². The number of ether oxygens (including phenoxy) is 2. The van der Waals surface area contributed by atoms with E-state index in [-0.39, 0.29) is 5.79 Å². The molecule has 0 radical (unpaired) electrons. The fourth-order valence-corrected chi connectivity index (χ4v) is 2.93. The van der Waals surface area contributed by atoms with E-state index in [0.29, 0.717) is 18.1 Å².